The van der Waals surface area contributed by atoms with Crippen molar-refractivity contribution in [1.82, 2.24) is 4.90 Å². The van der Waals surface area contributed by atoms with Crippen LogP contribution >= 0.6 is 11.8 Å². The van der Waals surface area contributed by atoms with E-state index in [0.717, 1.165) is 25.0 Å². The molecule has 1 amide bonds. The number of piperidine rings is 2. The van der Waals surface area contributed by atoms with Crippen LogP contribution in [0.2, 0.25) is 0 Å². The Morgan fingerprint density at radius 3 is 3.05 bits per heavy atom. The van der Waals surface area contributed by atoms with Crippen molar-refractivity contribution in [2.45, 2.75) is 43.3 Å². The fourth-order valence-electron chi connectivity index (χ4n) is 3.67. The molecule has 0 aromatic carbocycles. The molecule has 3 fully saturated rings. The fraction of sp³-hybridized carbons (Fsp3) is 0.846. The van der Waals surface area contributed by atoms with Crippen LogP contribution in [0.25, 0.3) is 0 Å². The van der Waals surface area contributed by atoms with Crippen molar-refractivity contribution >= 4 is 23.6 Å². The summed E-state index contributed by atoms with van der Waals surface area (Å²) in [5.41, 5.74) is -0.732. The highest BCUT2D eigenvalue weighted by molar-refractivity contribution is 8.01. The van der Waals surface area contributed by atoms with Crippen molar-refractivity contribution in [3.63, 3.8) is 0 Å². The van der Waals surface area contributed by atoms with Gasteiger partial charge in [0.2, 0.25) is 0 Å². The third-order valence-corrected chi connectivity index (χ3v) is 5.60. The van der Waals surface area contributed by atoms with E-state index in [9.17, 15) is 9.59 Å². The number of hydrogen-bond acceptors (Lipinski definition) is 5. The van der Waals surface area contributed by atoms with Crippen molar-refractivity contribution in [3.8, 4) is 0 Å². The number of nitrogens with zero attached hydrogens (tertiary/aromatic N) is 1. The van der Waals surface area contributed by atoms with Gasteiger partial charge in [-0.15, -0.1) is 11.8 Å². The van der Waals surface area contributed by atoms with Crippen molar-refractivity contribution < 1.29 is 19.1 Å². The third-order valence-electron chi connectivity index (χ3n) is 4.42. The van der Waals surface area contributed by atoms with E-state index in [1.807, 2.05) is 6.92 Å². The first-order valence-electron chi connectivity index (χ1n) is 6.83. The first-order chi connectivity index (χ1) is 9.09. The molecular formula is C13H19NO4S. The van der Waals surface area contributed by atoms with Crippen LogP contribution in [-0.2, 0) is 19.1 Å². The first kappa shape index (κ1) is 13.2. The number of esters is 1. The zero-order chi connectivity index (χ0) is 13.7. The maximum Gasteiger partial charge on any atom is 0.313 e. The molecule has 0 N–H and O–H groups in total. The molecule has 3 aliphatic rings. The summed E-state index contributed by atoms with van der Waals surface area (Å²) in [5.74, 6) is 0.260. The molecule has 2 bridgehead atoms. The van der Waals surface area contributed by atoms with Gasteiger partial charge in [-0.05, 0) is 25.0 Å². The van der Waals surface area contributed by atoms with E-state index in [-0.39, 0.29) is 17.8 Å². The molecule has 3 aliphatic heterocycles. The van der Waals surface area contributed by atoms with Gasteiger partial charge in [-0.25, -0.2) is 0 Å². The highest BCUT2D eigenvalue weighted by Crippen LogP contribution is 2.59. The number of thioether (sulfide) groups is 1. The zero-order valence-electron chi connectivity index (χ0n) is 11.3. The summed E-state index contributed by atoms with van der Waals surface area (Å²) in [6.45, 7) is 2.70. The summed E-state index contributed by atoms with van der Waals surface area (Å²) in [5, 5.41) is 0. The molecule has 19 heavy (non-hydrogen) atoms. The van der Waals surface area contributed by atoms with Crippen LogP contribution in [0.5, 0.6) is 0 Å². The number of ether oxygens (including phenoxy) is 2. The van der Waals surface area contributed by atoms with Crippen LogP contribution in [0.4, 0.5) is 0 Å². The van der Waals surface area contributed by atoms with Crippen LogP contribution in [0, 0.1) is 5.92 Å². The number of hydrogen-bond donors (Lipinski definition) is 0. The summed E-state index contributed by atoms with van der Waals surface area (Å²) >= 11 is 1.51. The summed E-state index contributed by atoms with van der Waals surface area (Å²) in [6, 6.07) is 0. The second-order valence-corrected chi connectivity index (χ2v) is 6.85. The Morgan fingerprint density at radius 2 is 2.37 bits per heavy atom. The molecule has 1 spiro atoms. The van der Waals surface area contributed by atoms with E-state index in [2.05, 4.69) is 0 Å². The van der Waals surface area contributed by atoms with Gasteiger partial charge in [0.25, 0.3) is 5.91 Å². The van der Waals surface area contributed by atoms with Crippen molar-refractivity contribution in [2.24, 2.45) is 5.92 Å². The Kier molecular flexibility index (Phi) is 3.05. The lowest BCUT2D eigenvalue weighted by atomic mass is 9.82. The van der Waals surface area contributed by atoms with Crippen LogP contribution in [-0.4, -0.2) is 46.8 Å². The maximum absolute atomic E-state index is 12.6. The average molecular weight is 285 g/mol. The van der Waals surface area contributed by atoms with Gasteiger partial charge in [0, 0.05) is 13.0 Å². The SMILES string of the molecule is CCSC12CC(C(=O)OC)C3(CCCCN3C1=O)O2. The second kappa shape index (κ2) is 4.38. The topological polar surface area (TPSA) is 55.8 Å². The summed E-state index contributed by atoms with van der Waals surface area (Å²) in [7, 11) is 1.40. The molecular weight excluding hydrogens is 266 g/mol. The Bertz CT molecular complexity index is 429. The van der Waals surface area contributed by atoms with Crippen LogP contribution in [0.1, 0.15) is 32.6 Å². The van der Waals surface area contributed by atoms with Crippen LogP contribution in [0.3, 0.4) is 0 Å². The maximum atomic E-state index is 12.6. The standard InChI is InChI=1S/C13H19NO4S/c1-3-19-13-8-9(10(15)17-2)12(18-13)6-4-5-7-14(12)11(13)16/h9H,3-8H2,1-2H3. The predicted molar refractivity (Wildman–Crippen MR) is 70.4 cm³/mol. The number of amides is 1. The number of methoxy groups -OCH3 is 1. The largest absolute Gasteiger partial charge is 0.469 e. The van der Waals surface area contributed by atoms with Crippen molar-refractivity contribution in [1.29, 1.82) is 0 Å². The van der Waals surface area contributed by atoms with Gasteiger partial charge in [0.15, 0.2) is 10.7 Å². The molecule has 0 aromatic heterocycles. The molecule has 3 saturated heterocycles. The molecule has 0 saturated carbocycles. The van der Waals surface area contributed by atoms with E-state index < -0.39 is 10.7 Å². The lowest BCUT2D eigenvalue weighted by molar-refractivity contribution is -0.170. The molecule has 106 valence electrons. The van der Waals surface area contributed by atoms with E-state index in [0.29, 0.717) is 13.0 Å². The quantitative estimate of drug-likeness (QED) is 0.733. The Morgan fingerprint density at radius 1 is 1.58 bits per heavy atom. The molecule has 3 rings (SSSR count). The van der Waals surface area contributed by atoms with E-state index in [1.165, 1.54) is 18.9 Å². The molecule has 5 nitrogen and oxygen atoms in total. The number of carbonyl (C=O) groups excluding carboxylic acids is 2. The van der Waals surface area contributed by atoms with Gasteiger partial charge < -0.3 is 14.4 Å². The van der Waals surface area contributed by atoms with Gasteiger partial charge in [-0.1, -0.05) is 6.92 Å². The number of fused-ring (bicyclic) bond motifs is 1. The van der Waals surface area contributed by atoms with Gasteiger partial charge in [-0.2, -0.15) is 0 Å². The molecule has 3 heterocycles. The molecule has 3 atom stereocenters. The monoisotopic (exact) mass is 285 g/mol. The Balaban J connectivity index is 2.00. The van der Waals surface area contributed by atoms with E-state index >= 15 is 0 Å². The molecule has 3 unspecified atom stereocenters. The zero-order valence-corrected chi connectivity index (χ0v) is 12.1. The minimum absolute atomic E-state index is 0.0548. The minimum Gasteiger partial charge on any atom is -0.469 e. The normalized spacial score (nSPS) is 40.4. The molecule has 0 aromatic rings. The van der Waals surface area contributed by atoms with Gasteiger partial charge in [0.1, 0.15) is 5.92 Å². The van der Waals surface area contributed by atoms with Crippen molar-refractivity contribution in [3.05, 3.63) is 0 Å². The highest BCUT2D eigenvalue weighted by atomic mass is 32.2. The van der Waals surface area contributed by atoms with Gasteiger partial charge >= 0.3 is 5.97 Å². The van der Waals surface area contributed by atoms with E-state index in [1.54, 1.807) is 4.90 Å². The van der Waals surface area contributed by atoms with Crippen molar-refractivity contribution in [2.75, 3.05) is 19.4 Å². The smallest absolute Gasteiger partial charge is 0.313 e. The fourth-order valence-corrected chi connectivity index (χ4v) is 4.86. The Hall–Kier alpha value is -0.750. The number of carbonyl (C=O) groups is 2. The molecule has 0 radical (unpaired) electrons. The number of rotatable bonds is 3. The van der Waals surface area contributed by atoms with Crippen LogP contribution < -0.4 is 0 Å². The van der Waals surface area contributed by atoms with E-state index in [4.69, 9.17) is 9.47 Å². The van der Waals surface area contributed by atoms with Gasteiger partial charge in [0.05, 0.1) is 7.11 Å². The Labute approximate surface area is 117 Å². The lowest BCUT2D eigenvalue weighted by Crippen LogP contribution is -2.59. The summed E-state index contributed by atoms with van der Waals surface area (Å²) in [6.07, 6.45) is 3.17. The predicted octanol–water partition coefficient (Wildman–Crippen LogP) is 1.37. The van der Waals surface area contributed by atoms with Crippen LogP contribution in [0.15, 0.2) is 0 Å². The lowest BCUT2D eigenvalue weighted by Gasteiger charge is -2.43. The first-order valence-corrected chi connectivity index (χ1v) is 7.82. The third kappa shape index (κ3) is 1.59. The average Bonchev–Trinajstić information content (AvgIpc) is 2.86. The van der Waals surface area contributed by atoms with Gasteiger partial charge in [-0.3, -0.25) is 9.59 Å². The minimum atomic E-state index is -0.849. The molecule has 6 heteroatoms. The highest BCUT2D eigenvalue weighted by Gasteiger charge is 2.73. The summed E-state index contributed by atoms with van der Waals surface area (Å²) in [4.78, 5) is 25.6. The second-order valence-electron chi connectivity index (χ2n) is 5.33. The summed E-state index contributed by atoms with van der Waals surface area (Å²) < 4.78 is 11.1. The molecule has 0 aliphatic carbocycles.